The highest BCUT2D eigenvalue weighted by Crippen LogP contribution is 2.17. The van der Waals surface area contributed by atoms with Gasteiger partial charge in [0.1, 0.15) is 0 Å². The average Bonchev–Trinajstić information content (AvgIpc) is 2.87. The predicted octanol–water partition coefficient (Wildman–Crippen LogP) is 0.378. The van der Waals surface area contributed by atoms with Crippen molar-refractivity contribution in [2.24, 2.45) is 0 Å². The summed E-state index contributed by atoms with van der Waals surface area (Å²) in [5.41, 5.74) is 0.412. The van der Waals surface area contributed by atoms with E-state index in [9.17, 15) is 9.59 Å². The van der Waals surface area contributed by atoms with Crippen molar-refractivity contribution in [1.82, 2.24) is 15.0 Å². The molecule has 0 spiro atoms. The number of hydrogen-bond acceptors (Lipinski definition) is 7. The lowest BCUT2D eigenvalue weighted by atomic mass is 10.2. The standard InChI is InChI=1S/C12H19N3O5/c1-8(5-6-18-2)15-9(7-10(16)19-3)11(13-14-15)12(17)20-4/h8H,5-7H2,1-4H3. The third-order valence-electron chi connectivity index (χ3n) is 2.87. The molecule has 1 unspecified atom stereocenters. The molecule has 0 radical (unpaired) electrons. The van der Waals surface area contributed by atoms with E-state index in [0.29, 0.717) is 18.7 Å². The molecule has 1 aromatic heterocycles. The molecule has 1 aromatic rings. The highest BCUT2D eigenvalue weighted by molar-refractivity contribution is 5.89. The molecule has 0 aliphatic rings. The van der Waals surface area contributed by atoms with Gasteiger partial charge < -0.3 is 14.2 Å². The molecule has 0 amide bonds. The first kappa shape index (κ1) is 16.1. The zero-order chi connectivity index (χ0) is 15.1. The van der Waals surface area contributed by atoms with Crippen LogP contribution >= 0.6 is 0 Å². The molecule has 0 saturated heterocycles. The maximum absolute atomic E-state index is 11.6. The zero-order valence-electron chi connectivity index (χ0n) is 12.1. The van der Waals surface area contributed by atoms with Crippen molar-refractivity contribution in [2.75, 3.05) is 27.9 Å². The fourth-order valence-electron chi connectivity index (χ4n) is 1.71. The molecule has 1 atom stereocenters. The highest BCUT2D eigenvalue weighted by Gasteiger charge is 2.24. The molecule has 112 valence electrons. The largest absolute Gasteiger partial charge is 0.469 e. The Balaban J connectivity index is 3.07. The molecule has 0 aromatic carbocycles. The summed E-state index contributed by atoms with van der Waals surface area (Å²) in [5, 5.41) is 7.72. The molecule has 20 heavy (non-hydrogen) atoms. The lowest BCUT2D eigenvalue weighted by molar-refractivity contribution is -0.139. The van der Waals surface area contributed by atoms with Crippen molar-refractivity contribution >= 4 is 11.9 Å². The van der Waals surface area contributed by atoms with E-state index in [0.717, 1.165) is 0 Å². The molecule has 0 aliphatic heterocycles. The molecule has 0 fully saturated rings. The van der Waals surface area contributed by atoms with E-state index in [2.05, 4.69) is 19.8 Å². The van der Waals surface area contributed by atoms with Crippen molar-refractivity contribution in [1.29, 1.82) is 0 Å². The Hall–Kier alpha value is -1.96. The Morgan fingerprint density at radius 2 is 1.95 bits per heavy atom. The number of hydrogen-bond donors (Lipinski definition) is 0. The zero-order valence-corrected chi connectivity index (χ0v) is 12.1. The van der Waals surface area contributed by atoms with E-state index in [4.69, 9.17) is 4.74 Å². The third kappa shape index (κ3) is 3.77. The van der Waals surface area contributed by atoms with Crippen LogP contribution in [0.4, 0.5) is 0 Å². The van der Waals surface area contributed by atoms with Crippen molar-refractivity contribution in [3.63, 3.8) is 0 Å². The number of carbonyl (C=O) groups is 2. The lowest BCUT2D eigenvalue weighted by Crippen LogP contribution is -2.18. The molecular weight excluding hydrogens is 266 g/mol. The summed E-state index contributed by atoms with van der Waals surface area (Å²) in [6.07, 6.45) is 0.583. The average molecular weight is 285 g/mol. The predicted molar refractivity (Wildman–Crippen MR) is 68.3 cm³/mol. The summed E-state index contributed by atoms with van der Waals surface area (Å²) >= 11 is 0. The summed E-state index contributed by atoms with van der Waals surface area (Å²) in [7, 11) is 4.13. The second kappa shape index (κ2) is 7.59. The van der Waals surface area contributed by atoms with Gasteiger partial charge in [-0.05, 0) is 13.3 Å². The first-order valence-corrected chi connectivity index (χ1v) is 6.13. The van der Waals surface area contributed by atoms with Gasteiger partial charge in [0.2, 0.25) is 0 Å². The quantitative estimate of drug-likeness (QED) is 0.668. The van der Waals surface area contributed by atoms with Gasteiger partial charge in [0.05, 0.1) is 32.4 Å². The molecule has 0 saturated carbocycles. The van der Waals surface area contributed by atoms with Crippen molar-refractivity contribution in [2.45, 2.75) is 25.8 Å². The molecule has 0 N–H and O–H groups in total. The minimum Gasteiger partial charge on any atom is -0.469 e. The van der Waals surface area contributed by atoms with Crippen molar-refractivity contribution < 1.29 is 23.8 Å². The number of ether oxygens (including phenoxy) is 3. The van der Waals surface area contributed by atoms with Crippen LogP contribution in [0, 0.1) is 0 Å². The fourth-order valence-corrected chi connectivity index (χ4v) is 1.71. The smallest absolute Gasteiger partial charge is 0.360 e. The summed E-state index contributed by atoms with van der Waals surface area (Å²) in [5.74, 6) is -1.10. The van der Waals surface area contributed by atoms with Crippen LogP contribution in [0.3, 0.4) is 0 Å². The minimum absolute atomic E-state index is 0.0298. The fraction of sp³-hybridized carbons (Fsp3) is 0.667. The van der Waals surface area contributed by atoms with Crippen LogP contribution in [0.1, 0.15) is 35.6 Å². The van der Waals surface area contributed by atoms with Crippen LogP contribution in [0.25, 0.3) is 0 Å². The van der Waals surface area contributed by atoms with Gasteiger partial charge in [-0.25, -0.2) is 9.48 Å². The number of rotatable bonds is 7. The first-order valence-electron chi connectivity index (χ1n) is 6.13. The van der Waals surface area contributed by atoms with E-state index in [-0.39, 0.29) is 18.2 Å². The Labute approximate surface area is 117 Å². The van der Waals surface area contributed by atoms with Gasteiger partial charge >= 0.3 is 11.9 Å². The first-order chi connectivity index (χ1) is 9.54. The van der Waals surface area contributed by atoms with Gasteiger partial charge in [-0.1, -0.05) is 5.21 Å². The summed E-state index contributed by atoms with van der Waals surface area (Å²) in [4.78, 5) is 23.1. The molecule has 1 rings (SSSR count). The normalized spacial score (nSPS) is 12.0. The molecule has 0 bridgehead atoms. The second-order valence-electron chi connectivity index (χ2n) is 4.20. The second-order valence-corrected chi connectivity index (χ2v) is 4.20. The van der Waals surface area contributed by atoms with Gasteiger partial charge in [-0.2, -0.15) is 0 Å². The van der Waals surface area contributed by atoms with Gasteiger partial charge in [0, 0.05) is 13.7 Å². The maximum atomic E-state index is 11.6. The SMILES string of the molecule is COCCC(C)n1nnc(C(=O)OC)c1CC(=O)OC. The number of esters is 2. The van der Waals surface area contributed by atoms with Gasteiger partial charge in [0.15, 0.2) is 5.69 Å². The van der Waals surface area contributed by atoms with Gasteiger partial charge in [-0.15, -0.1) is 5.10 Å². The summed E-state index contributed by atoms with van der Waals surface area (Å²) in [6, 6.07) is -0.0690. The van der Waals surface area contributed by atoms with Gasteiger partial charge in [0.25, 0.3) is 0 Å². The van der Waals surface area contributed by atoms with E-state index < -0.39 is 11.9 Å². The van der Waals surface area contributed by atoms with Crippen LogP contribution < -0.4 is 0 Å². The van der Waals surface area contributed by atoms with Crippen molar-refractivity contribution in [3.8, 4) is 0 Å². The number of methoxy groups -OCH3 is 3. The van der Waals surface area contributed by atoms with Crippen LogP contribution in [0.5, 0.6) is 0 Å². The molecule has 8 nitrogen and oxygen atoms in total. The Kier molecular flexibility index (Phi) is 6.10. The van der Waals surface area contributed by atoms with E-state index in [1.54, 1.807) is 7.11 Å². The number of nitrogens with zero attached hydrogens (tertiary/aromatic N) is 3. The summed E-state index contributed by atoms with van der Waals surface area (Å²) in [6.45, 7) is 2.43. The van der Waals surface area contributed by atoms with Crippen LogP contribution in [0.15, 0.2) is 0 Å². The summed E-state index contributed by atoms with van der Waals surface area (Å²) < 4.78 is 15.8. The van der Waals surface area contributed by atoms with E-state index in [1.807, 2.05) is 6.92 Å². The van der Waals surface area contributed by atoms with Crippen LogP contribution in [0.2, 0.25) is 0 Å². The number of carbonyl (C=O) groups excluding carboxylic acids is 2. The van der Waals surface area contributed by atoms with Crippen LogP contribution in [-0.4, -0.2) is 54.9 Å². The number of aromatic nitrogens is 3. The Morgan fingerprint density at radius 1 is 1.25 bits per heavy atom. The van der Waals surface area contributed by atoms with Crippen LogP contribution in [-0.2, 0) is 25.4 Å². The molecule has 0 aliphatic carbocycles. The van der Waals surface area contributed by atoms with E-state index >= 15 is 0 Å². The van der Waals surface area contributed by atoms with Gasteiger partial charge in [-0.3, -0.25) is 4.79 Å². The molecule has 8 heteroatoms. The molecular formula is C12H19N3O5. The topological polar surface area (TPSA) is 92.5 Å². The highest BCUT2D eigenvalue weighted by atomic mass is 16.5. The monoisotopic (exact) mass is 285 g/mol. The maximum Gasteiger partial charge on any atom is 0.360 e. The van der Waals surface area contributed by atoms with Crippen molar-refractivity contribution in [3.05, 3.63) is 11.4 Å². The minimum atomic E-state index is -0.630. The Bertz CT molecular complexity index is 472. The van der Waals surface area contributed by atoms with E-state index in [1.165, 1.54) is 18.9 Å². The third-order valence-corrected chi connectivity index (χ3v) is 2.87. The Morgan fingerprint density at radius 3 is 2.50 bits per heavy atom. The lowest BCUT2D eigenvalue weighted by Gasteiger charge is -2.14. The molecule has 1 heterocycles.